The summed E-state index contributed by atoms with van der Waals surface area (Å²) >= 11 is 11.3. The molecule has 0 aliphatic carbocycles. The molecule has 1 heterocycles. The minimum Gasteiger partial charge on any atom is -0.316 e. The van der Waals surface area contributed by atoms with Crippen LogP contribution < -0.4 is 5.32 Å². The van der Waals surface area contributed by atoms with Gasteiger partial charge in [0.1, 0.15) is 0 Å². The molecule has 16 heavy (non-hydrogen) atoms. The molecule has 0 aliphatic rings. The SMILES string of the molecule is CNCc1ccc(Cl)cc1-c1cscc1Br. The molecule has 0 radical (unpaired) electrons. The van der Waals surface area contributed by atoms with Crippen molar-refractivity contribution < 1.29 is 0 Å². The first-order valence-electron chi connectivity index (χ1n) is 4.87. The van der Waals surface area contributed by atoms with Crippen LogP contribution in [-0.4, -0.2) is 7.05 Å². The molecule has 2 rings (SSSR count). The first kappa shape index (κ1) is 12.1. The number of rotatable bonds is 3. The number of hydrogen-bond donors (Lipinski definition) is 1. The standard InChI is InChI=1S/C12H11BrClNS/c1-15-5-8-2-3-9(14)4-10(8)11-6-16-7-12(11)13/h2-4,6-7,15H,5H2,1H3. The smallest absolute Gasteiger partial charge is 0.0412 e. The van der Waals surface area contributed by atoms with Crippen molar-refractivity contribution in [3.63, 3.8) is 0 Å². The van der Waals surface area contributed by atoms with Crippen LogP contribution in [0.25, 0.3) is 11.1 Å². The monoisotopic (exact) mass is 315 g/mol. The largest absolute Gasteiger partial charge is 0.316 e. The van der Waals surface area contributed by atoms with Crippen molar-refractivity contribution >= 4 is 38.9 Å². The lowest BCUT2D eigenvalue weighted by atomic mass is 10.0. The Hall–Kier alpha value is -0.350. The van der Waals surface area contributed by atoms with Crippen LogP contribution in [0.2, 0.25) is 5.02 Å². The summed E-state index contributed by atoms with van der Waals surface area (Å²) in [5.74, 6) is 0. The highest BCUT2D eigenvalue weighted by Gasteiger charge is 2.09. The highest BCUT2D eigenvalue weighted by atomic mass is 79.9. The number of thiophene rings is 1. The van der Waals surface area contributed by atoms with E-state index in [0.717, 1.165) is 16.0 Å². The van der Waals surface area contributed by atoms with Crippen LogP contribution in [0.1, 0.15) is 5.56 Å². The van der Waals surface area contributed by atoms with Gasteiger partial charge in [0, 0.05) is 27.0 Å². The molecule has 0 saturated carbocycles. The second-order valence-corrected chi connectivity index (χ2v) is 5.50. The summed E-state index contributed by atoms with van der Waals surface area (Å²) in [7, 11) is 1.95. The normalized spacial score (nSPS) is 10.7. The zero-order valence-electron chi connectivity index (χ0n) is 8.76. The van der Waals surface area contributed by atoms with Crippen molar-refractivity contribution in [3.05, 3.63) is 44.0 Å². The minimum atomic E-state index is 0.771. The average Bonchev–Trinajstić information content (AvgIpc) is 2.67. The Balaban J connectivity index is 2.53. The maximum Gasteiger partial charge on any atom is 0.0412 e. The Morgan fingerprint density at radius 3 is 2.75 bits per heavy atom. The summed E-state index contributed by atoms with van der Waals surface area (Å²) in [6, 6.07) is 6.01. The van der Waals surface area contributed by atoms with Gasteiger partial charge < -0.3 is 5.32 Å². The molecule has 0 atom stereocenters. The topological polar surface area (TPSA) is 12.0 Å². The summed E-state index contributed by atoms with van der Waals surface area (Å²) in [5, 5.41) is 8.16. The van der Waals surface area contributed by atoms with Gasteiger partial charge in [0.2, 0.25) is 0 Å². The van der Waals surface area contributed by atoms with Crippen LogP contribution in [0.4, 0.5) is 0 Å². The zero-order valence-corrected chi connectivity index (χ0v) is 11.9. The zero-order chi connectivity index (χ0) is 11.5. The molecule has 1 N–H and O–H groups in total. The molecule has 0 saturated heterocycles. The van der Waals surface area contributed by atoms with E-state index in [1.807, 2.05) is 19.2 Å². The number of nitrogens with one attached hydrogen (secondary N) is 1. The van der Waals surface area contributed by atoms with Gasteiger partial charge in [-0.2, -0.15) is 11.3 Å². The van der Waals surface area contributed by atoms with Gasteiger partial charge in [-0.15, -0.1) is 0 Å². The van der Waals surface area contributed by atoms with Gasteiger partial charge >= 0.3 is 0 Å². The highest BCUT2D eigenvalue weighted by Crippen LogP contribution is 2.35. The molecule has 0 aliphatic heterocycles. The van der Waals surface area contributed by atoms with Crippen molar-refractivity contribution in [2.45, 2.75) is 6.54 Å². The Morgan fingerprint density at radius 2 is 2.12 bits per heavy atom. The summed E-state index contributed by atoms with van der Waals surface area (Å²) in [5.41, 5.74) is 3.65. The summed E-state index contributed by atoms with van der Waals surface area (Å²) in [6.45, 7) is 0.842. The lowest BCUT2D eigenvalue weighted by Crippen LogP contribution is -2.06. The fraction of sp³-hybridized carbons (Fsp3) is 0.167. The van der Waals surface area contributed by atoms with Gasteiger partial charge in [0.15, 0.2) is 0 Å². The molecule has 0 amide bonds. The fourth-order valence-corrected chi connectivity index (χ4v) is 3.30. The molecule has 84 valence electrons. The lowest BCUT2D eigenvalue weighted by Gasteiger charge is -2.09. The number of halogens is 2. The second-order valence-electron chi connectivity index (χ2n) is 3.47. The Labute approximate surface area is 113 Å². The van der Waals surface area contributed by atoms with E-state index in [4.69, 9.17) is 11.6 Å². The fourth-order valence-electron chi connectivity index (χ4n) is 1.62. The summed E-state index contributed by atoms with van der Waals surface area (Å²) < 4.78 is 1.12. The summed E-state index contributed by atoms with van der Waals surface area (Å²) in [4.78, 5) is 0. The van der Waals surface area contributed by atoms with Gasteiger partial charge in [-0.1, -0.05) is 17.7 Å². The predicted molar refractivity (Wildman–Crippen MR) is 75.2 cm³/mol. The minimum absolute atomic E-state index is 0.771. The molecule has 0 spiro atoms. The van der Waals surface area contributed by atoms with Crippen LogP contribution in [0, 0.1) is 0 Å². The van der Waals surface area contributed by atoms with E-state index in [0.29, 0.717) is 0 Å². The Bertz CT molecular complexity index is 496. The third kappa shape index (κ3) is 2.48. The molecule has 0 bridgehead atoms. The third-order valence-electron chi connectivity index (χ3n) is 2.34. The van der Waals surface area contributed by atoms with E-state index in [1.54, 1.807) is 11.3 Å². The van der Waals surface area contributed by atoms with Crippen molar-refractivity contribution in [3.8, 4) is 11.1 Å². The quantitative estimate of drug-likeness (QED) is 0.876. The Morgan fingerprint density at radius 1 is 1.31 bits per heavy atom. The van der Waals surface area contributed by atoms with E-state index in [-0.39, 0.29) is 0 Å². The van der Waals surface area contributed by atoms with E-state index < -0.39 is 0 Å². The van der Waals surface area contributed by atoms with Gasteiger partial charge in [0.25, 0.3) is 0 Å². The van der Waals surface area contributed by atoms with Crippen LogP contribution in [0.5, 0.6) is 0 Å². The first-order valence-corrected chi connectivity index (χ1v) is 6.99. The molecule has 0 fully saturated rings. The molecular formula is C12H11BrClNS. The van der Waals surface area contributed by atoms with Crippen LogP contribution in [0.15, 0.2) is 33.4 Å². The Kier molecular flexibility index (Phi) is 4.03. The third-order valence-corrected chi connectivity index (χ3v) is 4.28. The molecule has 1 nitrogen and oxygen atoms in total. The number of hydrogen-bond acceptors (Lipinski definition) is 2. The molecular weight excluding hydrogens is 306 g/mol. The molecule has 0 unspecified atom stereocenters. The van der Waals surface area contributed by atoms with Crippen molar-refractivity contribution in [2.75, 3.05) is 7.05 Å². The van der Waals surface area contributed by atoms with Gasteiger partial charge in [0.05, 0.1) is 0 Å². The number of benzene rings is 1. The average molecular weight is 317 g/mol. The second kappa shape index (κ2) is 5.32. The molecule has 2 aromatic rings. The lowest BCUT2D eigenvalue weighted by molar-refractivity contribution is 0.819. The molecule has 1 aromatic heterocycles. The van der Waals surface area contributed by atoms with Crippen LogP contribution in [-0.2, 0) is 6.54 Å². The molecule has 1 aromatic carbocycles. The van der Waals surface area contributed by atoms with E-state index in [1.165, 1.54) is 16.7 Å². The van der Waals surface area contributed by atoms with E-state index >= 15 is 0 Å². The highest BCUT2D eigenvalue weighted by molar-refractivity contribution is 9.10. The van der Waals surface area contributed by atoms with Crippen LogP contribution >= 0.6 is 38.9 Å². The maximum atomic E-state index is 6.05. The van der Waals surface area contributed by atoms with E-state index in [2.05, 4.69) is 38.1 Å². The van der Waals surface area contributed by atoms with Crippen LogP contribution in [0.3, 0.4) is 0 Å². The summed E-state index contributed by atoms with van der Waals surface area (Å²) in [6.07, 6.45) is 0. The van der Waals surface area contributed by atoms with Gasteiger partial charge in [-0.3, -0.25) is 0 Å². The van der Waals surface area contributed by atoms with Crippen molar-refractivity contribution in [2.24, 2.45) is 0 Å². The van der Waals surface area contributed by atoms with E-state index in [9.17, 15) is 0 Å². The predicted octanol–water partition coefficient (Wildman–Crippen LogP) is 4.55. The van der Waals surface area contributed by atoms with Gasteiger partial charge in [-0.05, 0) is 51.6 Å². The van der Waals surface area contributed by atoms with Crippen molar-refractivity contribution in [1.82, 2.24) is 5.32 Å². The maximum absolute atomic E-state index is 6.05. The first-order chi connectivity index (χ1) is 7.72. The van der Waals surface area contributed by atoms with Crippen molar-refractivity contribution in [1.29, 1.82) is 0 Å². The van der Waals surface area contributed by atoms with Gasteiger partial charge in [-0.25, -0.2) is 0 Å². The molecule has 4 heteroatoms.